The van der Waals surface area contributed by atoms with Crippen molar-refractivity contribution in [2.24, 2.45) is 5.73 Å². The molecule has 1 aliphatic rings. The van der Waals surface area contributed by atoms with Gasteiger partial charge in [-0.05, 0) is 43.5 Å². The Morgan fingerprint density at radius 1 is 1.30 bits per heavy atom. The number of hydrogen-bond donors (Lipinski definition) is 2. The summed E-state index contributed by atoms with van der Waals surface area (Å²) < 4.78 is 1.64. The lowest BCUT2D eigenvalue weighted by Gasteiger charge is -2.35. The third-order valence-corrected chi connectivity index (χ3v) is 4.91. The lowest BCUT2D eigenvalue weighted by molar-refractivity contribution is -0.121. The van der Waals surface area contributed by atoms with Gasteiger partial charge in [0, 0.05) is 43.3 Å². The van der Waals surface area contributed by atoms with Gasteiger partial charge in [0.05, 0.1) is 5.69 Å². The molecule has 0 aliphatic carbocycles. The van der Waals surface area contributed by atoms with Gasteiger partial charge in [0.1, 0.15) is 0 Å². The largest absolute Gasteiger partial charge is 0.354 e. The van der Waals surface area contributed by atoms with Gasteiger partial charge in [-0.3, -0.25) is 9.59 Å². The molecule has 2 amide bonds. The lowest BCUT2D eigenvalue weighted by atomic mass is 10.0. The fourth-order valence-corrected chi connectivity index (χ4v) is 3.46. The fraction of sp³-hybridized carbons (Fsp3) is 0.421. The van der Waals surface area contributed by atoms with E-state index in [1.54, 1.807) is 29.1 Å². The van der Waals surface area contributed by atoms with Crippen LogP contribution in [0.2, 0.25) is 5.02 Å². The first-order chi connectivity index (χ1) is 13.1. The molecular formula is C19H24ClN5O2. The number of carbonyl (C=O) groups is 2. The highest BCUT2D eigenvalue weighted by Gasteiger charge is 2.29. The topological polar surface area (TPSA) is 93.3 Å². The Bertz CT molecular complexity index is 807. The molecule has 3 rings (SSSR count). The van der Waals surface area contributed by atoms with Crippen LogP contribution in [-0.2, 0) is 4.79 Å². The van der Waals surface area contributed by atoms with E-state index < -0.39 is 0 Å². The third-order valence-electron chi connectivity index (χ3n) is 4.68. The Kier molecular flexibility index (Phi) is 6.47. The third kappa shape index (κ3) is 4.87. The van der Waals surface area contributed by atoms with Gasteiger partial charge in [-0.1, -0.05) is 17.7 Å². The zero-order chi connectivity index (χ0) is 19.2. The second-order valence-corrected chi connectivity index (χ2v) is 7.05. The highest BCUT2D eigenvalue weighted by atomic mass is 35.5. The molecule has 144 valence electrons. The van der Waals surface area contributed by atoms with Gasteiger partial charge in [0.25, 0.3) is 5.91 Å². The summed E-state index contributed by atoms with van der Waals surface area (Å²) in [6.07, 6.45) is 4.90. The average molecular weight is 390 g/mol. The number of aromatic nitrogens is 2. The number of carbonyl (C=O) groups excluding carboxylic acids is 2. The Balaban J connectivity index is 1.70. The molecule has 0 bridgehead atoms. The second-order valence-electron chi connectivity index (χ2n) is 6.62. The minimum atomic E-state index is -0.117. The minimum Gasteiger partial charge on any atom is -0.354 e. The van der Waals surface area contributed by atoms with Gasteiger partial charge in [0.2, 0.25) is 5.91 Å². The number of hydrogen-bond acceptors (Lipinski definition) is 4. The minimum absolute atomic E-state index is 0.0238. The molecule has 1 aliphatic heterocycles. The van der Waals surface area contributed by atoms with Crippen molar-refractivity contribution in [1.29, 1.82) is 0 Å². The molecule has 3 N–H and O–H groups in total. The molecule has 0 spiro atoms. The van der Waals surface area contributed by atoms with Crippen LogP contribution in [0.1, 0.15) is 36.2 Å². The Hall–Kier alpha value is -2.38. The van der Waals surface area contributed by atoms with Crippen molar-refractivity contribution in [3.05, 3.63) is 47.2 Å². The van der Waals surface area contributed by atoms with Crippen molar-refractivity contribution < 1.29 is 9.59 Å². The van der Waals surface area contributed by atoms with Crippen molar-refractivity contribution in [3.63, 3.8) is 0 Å². The molecule has 1 unspecified atom stereocenters. The van der Waals surface area contributed by atoms with E-state index in [9.17, 15) is 9.59 Å². The number of likely N-dealkylation sites (tertiary alicyclic amines) is 1. The summed E-state index contributed by atoms with van der Waals surface area (Å²) in [5.74, 6) is -0.200. The van der Waals surface area contributed by atoms with Crippen molar-refractivity contribution >= 4 is 23.4 Å². The van der Waals surface area contributed by atoms with Crippen LogP contribution >= 0.6 is 11.6 Å². The van der Waals surface area contributed by atoms with E-state index in [-0.39, 0.29) is 17.9 Å². The molecule has 27 heavy (non-hydrogen) atoms. The van der Waals surface area contributed by atoms with Crippen molar-refractivity contribution in [3.8, 4) is 5.69 Å². The summed E-state index contributed by atoms with van der Waals surface area (Å²) in [5, 5.41) is 7.90. The van der Waals surface area contributed by atoms with E-state index in [1.807, 2.05) is 17.0 Å². The normalized spacial score (nSPS) is 17.0. The van der Waals surface area contributed by atoms with Gasteiger partial charge in [0.15, 0.2) is 5.69 Å². The maximum atomic E-state index is 13.0. The van der Waals surface area contributed by atoms with Crippen LogP contribution in [0.25, 0.3) is 5.69 Å². The van der Waals surface area contributed by atoms with E-state index in [1.165, 1.54) is 0 Å². The van der Waals surface area contributed by atoms with Crippen molar-refractivity contribution in [1.82, 2.24) is 20.0 Å². The first-order valence-corrected chi connectivity index (χ1v) is 9.55. The fourth-order valence-electron chi connectivity index (χ4n) is 3.28. The van der Waals surface area contributed by atoms with Crippen LogP contribution in [0.4, 0.5) is 0 Å². The van der Waals surface area contributed by atoms with Gasteiger partial charge < -0.3 is 16.0 Å². The summed E-state index contributed by atoms with van der Waals surface area (Å²) in [6, 6.07) is 8.98. The Labute approximate surface area is 163 Å². The van der Waals surface area contributed by atoms with Crippen LogP contribution in [0, 0.1) is 0 Å². The van der Waals surface area contributed by atoms with Gasteiger partial charge in [-0.15, -0.1) is 0 Å². The van der Waals surface area contributed by atoms with E-state index in [0.717, 1.165) is 24.9 Å². The average Bonchev–Trinajstić information content (AvgIpc) is 3.16. The zero-order valence-corrected chi connectivity index (χ0v) is 15.9. The van der Waals surface area contributed by atoms with E-state index in [2.05, 4.69) is 10.4 Å². The number of piperidine rings is 1. The van der Waals surface area contributed by atoms with Gasteiger partial charge in [-0.2, -0.15) is 5.10 Å². The number of benzene rings is 1. The first kappa shape index (κ1) is 19.4. The molecule has 1 saturated heterocycles. The summed E-state index contributed by atoms with van der Waals surface area (Å²) in [6.45, 7) is 1.43. The number of nitrogens with zero attached hydrogens (tertiary/aromatic N) is 3. The Morgan fingerprint density at radius 2 is 2.15 bits per heavy atom. The summed E-state index contributed by atoms with van der Waals surface area (Å²) in [5.41, 5.74) is 6.59. The zero-order valence-electron chi connectivity index (χ0n) is 15.1. The molecule has 1 atom stereocenters. The molecule has 7 nitrogen and oxygen atoms in total. The predicted octanol–water partition coefficient (Wildman–Crippen LogP) is 1.99. The number of halogens is 1. The number of nitrogens with two attached hydrogens (primary N) is 1. The van der Waals surface area contributed by atoms with Crippen LogP contribution in [0.15, 0.2) is 36.5 Å². The van der Waals surface area contributed by atoms with Crippen LogP contribution in [0.3, 0.4) is 0 Å². The van der Waals surface area contributed by atoms with Crippen LogP contribution < -0.4 is 11.1 Å². The number of amides is 2. The van der Waals surface area contributed by atoms with Crippen LogP contribution in [0.5, 0.6) is 0 Å². The molecule has 2 heterocycles. The van der Waals surface area contributed by atoms with Crippen molar-refractivity contribution in [2.75, 3.05) is 19.6 Å². The maximum Gasteiger partial charge on any atom is 0.274 e. The maximum absolute atomic E-state index is 13.0. The van der Waals surface area contributed by atoms with E-state index in [0.29, 0.717) is 36.8 Å². The molecule has 1 aromatic heterocycles. The summed E-state index contributed by atoms with van der Waals surface area (Å²) in [7, 11) is 0. The van der Waals surface area contributed by atoms with Crippen LogP contribution in [-0.4, -0.2) is 52.2 Å². The number of nitrogens with one attached hydrogen (secondary N) is 1. The van der Waals surface area contributed by atoms with Gasteiger partial charge >= 0.3 is 0 Å². The standard InChI is InChI=1S/C19H24ClN5O2/c20-14-4-3-6-15(12-14)25-11-8-17(23-25)19(27)24-10-2-1-5-16(24)13-22-18(26)7-9-21/h3-4,6,8,11-12,16H,1-2,5,7,9-10,13,21H2,(H,22,26). The second kappa shape index (κ2) is 9.01. The monoisotopic (exact) mass is 389 g/mol. The number of rotatable bonds is 6. The smallest absolute Gasteiger partial charge is 0.274 e. The first-order valence-electron chi connectivity index (χ1n) is 9.18. The van der Waals surface area contributed by atoms with Gasteiger partial charge in [-0.25, -0.2) is 4.68 Å². The molecule has 1 aromatic carbocycles. The van der Waals surface area contributed by atoms with E-state index >= 15 is 0 Å². The molecule has 8 heteroatoms. The highest BCUT2D eigenvalue weighted by molar-refractivity contribution is 6.30. The summed E-state index contributed by atoms with van der Waals surface area (Å²) in [4.78, 5) is 26.5. The van der Waals surface area contributed by atoms with Crippen molar-refractivity contribution in [2.45, 2.75) is 31.7 Å². The predicted molar refractivity (Wildman–Crippen MR) is 104 cm³/mol. The quantitative estimate of drug-likeness (QED) is 0.790. The summed E-state index contributed by atoms with van der Waals surface area (Å²) >= 11 is 6.03. The molecule has 0 radical (unpaired) electrons. The molecule has 2 aromatic rings. The molecule has 0 saturated carbocycles. The lowest BCUT2D eigenvalue weighted by Crippen LogP contribution is -2.49. The highest BCUT2D eigenvalue weighted by Crippen LogP contribution is 2.20. The van der Waals surface area contributed by atoms with E-state index in [4.69, 9.17) is 17.3 Å². The Morgan fingerprint density at radius 3 is 2.93 bits per heavy atom. The molecular weight excluding hydrogens is 366 g/mol. The molecule has 1 fully saturated rings. The SMILES string of the molecule is NCCC(=O)NCC1CCCCN1C(=O)c1ccn(-c2cccc(Cl)c2)n1.